The standard InChI is InChI=1S/C14H10N2O3/c15-9-11-8-12(5-6-16-11)19-13-4-2-1-3-10(13)7-14(17)18/h1-6,8H,7H2,(H,17,18). The molecular weight excluding hydrogens is 244 g/mol. The first kappa shape index (κ1) is 12.6. The first-order valence-corrected chi connectivity index (χ1v) is 5.53. The quantitative estimate of drug-likeness (QED) is 0.905. The third-order valence-electron chi connectivity index (χ3n) is 2.39. The number of nitriles is 1. The Balaban J connectivity index is 2.27. The van der Waals surface area contributed by atoms with Crippen molar-refractivity contribution in [3.63, 3.8) is 0 Å². The second-order valence-electron chi connectivity index (χ2n) is 3.77. The van der Waals surface area contributed by atoms with Crippen molar-refractivity contribution in [2.24, 2.45) is 0 Å². The first-order valence-electron chi connectivity index (χ1n) is 5.53. The Morgan fingerprint density at radius 1 is 1.37 bits per heavy atom. The summed E-state index contributed by atoms with van der Waals surface area (Å²) in [7, 11) is 0. The van der Waals surface area contributed by atoms with E-state index in [9.17, 15) is 4.79 Å². The molecule has 5 nitrogen and oxygen atoms in total. The number of hydrogen-bond donors (Lipinski definition) is 1. The number of carboxylic acids is 1. The molecule has 0 saturated carbocycles. The van der Waals surface area contributed by atoms with E-state index in [1.807, 2.05) is 6.07 Å². The molecule has 0 radical (unpaired) electrons. The zero-order chi connectivity index (χ0) is 13.7. The minimum absolute atomic E-state index is 0.119. The minimum Gasteiger partial charge on any atom is -0.481 e. The average Bonchev–Trinajstić information content (AvgIpc) is 2.41. The lowest BCUT2D eigenvalue weighted by molar-refractivity contribution is -0.136. The van der Waals surface area contributed by atoms with Crippen LogP contribution in [0, 0.1) is 11.3 Å². The van der Waals surface area contributed by atoms with Gasteiger partial charge in [-0.3, -0.25) is 4.79 Å². The van der Waals surface area contributed by atoms with E-state index < -0.39 is 5.97 Å². The van der Waals surface area contributed by atoms with Gasteiger partial charge >= 0.3 is 5.97 Å². The van der Waals surface area contributed by atoms with Gasteiger partial charge in [-0.2, -0.15) is 5.26 Å². The van der Waals surface area contributed by atoms with E-state index in [2.05, 4.69) is 4.98 Å². The predicted molar refractivity (Wildman–Crippen MR) is 66.8 cm³/mol. The summed E-state index contributed by atoms with van der Waals surface area (Å²) in [5.41, 5.74) is 0.818. The van der Waals surface area contributed by atoms with E-state index in [1.54, 1.807) is 30.3 Å². The Morgan fingerprint density at radius 2 is 2.16 bits per heavy atom. The lowest BCUT2D eigenvalue weighted by atomic mass is 10.1. The summed E-state index contributed by atoms with van der Waals surface area (Å²) in [5, 5.41) is 17.6. The molecule has 19 heavy (non-hydrogen) atoms. The predicted octanol–water partition coefficient (Wildman–Crippen LogP) is 2.37. The van der Waals surface area contributed by atoms with Crippen LogP contribution in [-0.2, 0) is 11.2 Å². The van der Waals surface area contributed by atoms with Crippen LogP contribution >= 0.6 is 0 Å². The molecule has 0 aliphatic rings. The van der Waals surface area contributed by atoms with Gasteiger partial charge in [0.1, 0.15) is 23.3 Å². The summed E-state index contributed by atoms with van der Waals surface area (Å²) < 4.78 is 5.60. The maximum absolute atomic E-state index is 10.8. The van der Waals surface area contributed by atoms with E-state index in [4.69, 9.17) is 15.1 Å². The zero-order valence-electron chi connectivity index (χ0n) is 9.91. The highest BCUT2D eigenvalue weighted by Gasteiger charge is 2.08. The topological polar surface area (TPSA) is 83.2 Å². The van der Waals surface area contributed by atoms with Crippen LogP contribution in [0.25, 0.3) is 0 Å². The number of pyridine rings is 1. The summed E-state index contributed by atoms with van der Waals surface area (Å²) in [6.45, 7) is 0. The maximum atomic E-state index is 10.8. The second-order valence-corrected chi connectivity index (χ2v) is 3.77. The smallest absolute Gasteiger partial charge is 0.307 e. The van der Waals surface area contributed by atoms with Crippen LogP contribution in [0.5, 0.6) is 11.5 Å². The van der Waals surface area contributed by atoms with Crippen LogP contribution in [0.1, 0.15) is 11.3 Å². The van der Waals surface area contributed by atoms with E-state index >= 15 is 0 Å². The molecule has 0 atom stereocenters. The summed E-state index contributed by atoms with van der Waals surface area (Å²) in [4.78, 5) is 14.6. The number of para-hydroxylation sites is 1. The van der Waals surface area contributed by atoms with Gasteiger partial charge in [0.05, 0.1) is 6.42 Å². The molecule has 0 aliphatic heterocycles. The van der Waals surface area contributed by atoms with Gasteiger partial charge in [0.15, 0.2) is 0 Å². The van der Waals surface area contributed by atoms with Gasteiger partial charge in [0.25, 0.3) is 0 Å². The monoisotopic (exact) mass is 254 g/mol. The summed E-state index contributed by atoms with van der Waals surface area (Å²) in [6, 6.07) is 11.9. The third-order valence-corrected chi connectivity index (χ3v) is 2.39. The fourth-order valence-electron chi connectivity index (χ4n) is 1.58. The molecule has 0 bridgehead atoms. The number of benzene rings is 1. The second kappa shape index (κ2) is 5.65. The van der Waals surface area contributed by atoms with E-state index in [0.29, 0.717) is 17.1 Å². The normalized spacial score (nSPS) is 9.63. The van der Waals surface area contributed by atoms with Gasteiger partial charge in [-0.05, 0) is 12.1 Å². The number of aromatic nitrogens is 1. The van der Waals surface area contributed by atoms with Gasteiger partial charge in [-0.15, -0.1) is 0 Å². The van der Waals surface area contributed by atoms with Crippen LogP contribution in [0.2, 0.25) is 0 Å². The fraction of sp³-hybridized carbons (Fsp3) is 0.0714. The molecule has 2 rings (SSSR count). The fourth-order valence-corrected chi connectivity index (χ4v) is 1.58. The van der Waals surface area contributed by atoms with Gasteiger partial charge in [0.2, 0.25) is 0 Å². The molecule has 2 aromatic rings. The summed E-state index contributed by atoms with van der Waals surface area (Å²) in [6.07, 6.45) is 1.35. The van der Waals surface area contributed by atoms with Crippen molar-refractivity contribution < 1.29 is 14.6 Å². The average molecular weight is 254 g/mol. The number of ether oxygens (including phenoxy) is 1. The molecule has 1 aromatic heterocycles. The SMILES string of the molecule is N#Cc1cc(Oc2ccccc2CC(=O)O)ccn1. The van der Waals surface area contributed by atoms with Crippen LogP contribution < -0.4 is 4.74 Å². The molecule has 1 heterocycles. The molecule has 0 amide bonds. The molecule has 5 heteroatoms. The molecule has 94 valence electrons. The summed E-state index contributed by atoms with van der Waals surface area (Å²) >= 11 is 0. The van der Waals surface area contributed by atoms with Crippen molar-refractivity contribution in [3.8, 4) is 17.6 Å². The Hall–Kier alpha value is -2.87. The summed E-state index contributed by atoms with van der Waals surface area (Å²) in [5.74, 6) is -0.0205. The van der Waals surface area contributed by atoms with Crippen molar-refractivity contribution in [3.05, 3.63) is 53.9 Å². The van der Waals surface area contributed by atoms with Gasteiger partial charge < -0.3 is 9.84 Å². The maximum Gasteiger partial charge on any atom is 0.307 e. The highest BCUT2D eigenvalue weighted by atomic mass is 16.5. The van der Waals surface area contributed by atoms with Gasteiger partial charge in [0, 0.05) is 17.8 Å². The highest BCUT2D eigenvalue weighted by molar-refractivity contribution is 5.71. The largest absolute Gasteiger partial charge is 0.481 e. The molecule has 0 spiro atoms. The lowest BCUT2D eigenvalue weighted by Gasteiger charge is -2.09. The molecule has 0 aliphatic carbocycles. The number of carboxylic acid groups (broad SMARTS) is 1. The molecule has 1 N–H and O–H groups in total. The Labute approximate surface area is 109 Å². The molecule has 0 fully saturated rings. The van der Waals surface area contributed by atoms with Crippen LogP contribution in [0.4, 0.5) is 0 Å². The van der Waals surface area contributed by atoms with Crippen molar-refractivity contribution in [1.82, 2.24) is 4.98 Å². The Kier molecular flexibility index (Phi) is 3.74. The molecule has 1 aromatic carbocycles. The Bertz CT molecular complexity index is 647. The lowest BCUT2D eigenvalue weighted by Crippen LogP contribution is -2.01. The minimum atomic E-state index is -0.927. The molecule has 0 saturated heterocycles. The van der Waals surface area contributed by atoms with Crippen LogP contribution in [0.15, 0.2) is 42.6 Å². The van der Waals surface area contributed by atoms with E-state index in [0.717, 1.165) is 0 Å². The van der Waals surface area contributed by atoms with Gasteiger partial charge in [-0.25, -0.2) is 4.98 Å². The highest BCUT2D eigenvalue weighted by Crippen LogP contribution is 2.25. The third kappa shape index (κ3) is 3.30. The number of aliphatic carboxylic acids is 1. The van der Waals surface area contributed by atoms with Crippen LogP contribution in [0.3, 0.4) is 0 Å². The van der Waals surface area contributed by atoms with Crippen molar-refractivity contribution in [2.45, 2.75) is 6.42 Å². The van der Waals surface area contributed by atoms with Crippen molar-refractivity contribution in [1.29, 1.82) is 5.26 Å². The first-order chi connectivity index (χ1) is 9.19. The number of nitrogens with zero attached hydrogens (tertiary/aromatic N) is 2. The van der Waals surface area contributed by atoms with Crippen molar-refractivity contribution in [2.75, 3.05) is 0 Å². The number of carbonyl (C=O) groups is 1. The molecular formula is C14H10N2O3. The zero-order valence-corrected chi connectivity index (χ0v) is 9.91. The number of hydrogen-bond acceptors (Lipinski definition) is 4. The molecule has 0 unspecified atom stereocenters. The van der Waals surface area contributed by atoms with Crippen LogP contribution in [-0.4, -0.2) is 16.1 Å². The van der Waals surface area contributed by atoms with Crippen molar-refractivity contribution >= 4 is 5.97 Å². The van der Waals surface area contributed by atoms with E-state index in [1.165, 1.54) is 12.3 Å². The van der Waals surface area contributed by atoms with Gasteiger partial charge in [-0.1, -0.05) is 18.2 Å². The van der Waals surface area contributed by atoms with E-state index in [-0.39, 0.29) is 12.1 Å². The number of rotatable bonds is 4. The Morgan fingerprint density at radius 3 is 2.89 bits per heavy atom.